The molecule has 0 saturated carbocycles. The minimum Gasteiger partial charge on any atom is -0.619 e. The lowest BCUT2D eigenvalue weighted by atomic mass is 10.1. The lowest BCUT2D eigenvalue weighted by Gasteiger charge is -2.09. The summed E-state index contributed by atoms with van der Waals surface area (Å²) >= 11 is 6.09. The Kier molecular flexibility index (Phi) is 3.16. The van der Waals surface area contributed by atoms with Crippen molar-refractivity contribution in [3.63, 3.8) is 0 Å². The molecule has 0 spiro atoms. The first-order valence-corrected chi connectivity index (χ1v) is 6.26. The Morgan fingerprint density at radius 3 is 2.50 bits per heavy atom. The first-order chi connectivity index (χ1) is 9.63. The van der Waals surface area contributed by atoms with E-state index >= 15 is 0 Å². The molecule has 20 heavy (non-hydrogen) atoms. The molecule has 2 aromatic carbocycles. The zero-order valence-corrected chi connectivity index (χ0v) is 11.0. The van der Waals surface area contributed by atoms with Crippen molar-refractivity contribution < 1.29 is 13.9 Å². The van der Waals surface area contributed by atoms with E-state index in [1.165, 1.54) is 36.7 Å². The molecular formula is C15H9ClFNO2. The molecule has 0 fully saturated rings. The van der Waals surface area contributed by atoms with Crippen LogP contribution < -0.4 is 9.47 Å². The van der Waals surface area contributed by atoms with Crippen molar-refractivity contribution in [3.8, 4) is 11.5 Å². The number of fused-ring (bicyclic) bond motifs is 1. The van der Waals surface area contributed by atoms with Crippen LogP contribution in [0.5, 0.6) is 11.5 Å². The first kappa shape index (κ1) is 12.7. The number of ether oxygens (including phenoxy) is 1. The molecule has 1 heterocycles. The highest BCUT2D eigenvalue weighted by atomic mass is 35.5. The van der Waals surface area contributed by atoms with E-state index in [2.05, 4.69) is 0 Å². The van der Waals surface area contributed by atoms with E-state index < -0.39 is 0 Å². The SMILES string of the molecule is [O-][n+]1ccc2c(Cl)ccc(Oc3ccc(F)cc3)c2c1. The van der Waals surface area contributed by atoms with Crippen LogP contribution in [-0.2, 0) is 0 Å². The van der Waals surface area contributed by atoms with Gasteiger partial charge in [0.2, 0.25) is 0 Å². The molecular weight excluding hydrogens is 281 g/mol. The number of halogens is 2. The number of hydrogen-bond acceptors (Lipinski definition) is 2. The Morgan fingerprint density at radius 2 is 1.75 bits per heavy atom. The summed E-state index contributed by atoms with van der Waals surface area (Å²) in [4.78, 5) is 0. The zero-order chi connectivity index (χ0) is 14.1. The van der Waals surface area contributed by atoms with Gasteiger partial charge in [0.1, 0.15) is 17.3 Å². The van der Waals surface area contributed by atoms with E-state index in [1.54, 1.807) is 18.2 Å². The van der Waals surface area contributed by atoms with Crippen molar-refractivity contribution in [2.24, 2.45) is 0 Å². The third kappa shape index (κ3) is 2.38. The van der Waals surface area contributed by atoms with E-state index in [0.717, 1.165) is 5.39 Å². The monoisotopic (exact) mass is 289 g/mol. The quantitative estimate of drug-likeness (QED) is 0.527. The van der Waals surface area contributed by atoms with Crippen molar-refractivity contribution in [2.75, 3.05) is 0 Å². The number of hydrogen-bond donors (Lipinski definition) is 0. The maximum absolute atomic E-state index is 12.9. The van der Waals surface area contributed by atoms with Gasteiger partial charge in [0.15, 0.2) is 12.4 Å². The molecule has 0 radical (unpaired) electrons. The normalized spacial score (nSPS) is 10.7. The van der Waals surface area contributed by atoms with Crippen LogP contribution in [0, 0.1) is 11.0 Å². The molecule has 3 rings (SSSR count). The fraction of sp³-hybridized carbons (Fsp3) is 0. The zero-order valence-electron chi connectivity index (χ0n) is 10.2. The third-order valence-corrected chi connectivity index (χ3v) is 3.21. The van der Waals surface area contributed by atoms with Gasteiger partial charge in [0.05, 0.1) is 5.39 Å². The van der Waals surface area contributed by atoms with E-state index in [4.69, 9.17) is 16.3 Å². The van der Waals surface area contributed by atoms with Crippen LogP contribution in [0.4, 0.5) is 4.39 Å². The molecule has 5 heteroatoms. The van der Waals surface area contributed by atoms with Gasteiger partial charge in [-0.1, -0.05) is 11.6 Å². The fourth-order valence-corrected chi connectivity index (χ4v) is 2.16. The molecule has 0 N–H and O–H groups in total. The minimum absolute atomic E-state index is 0.337. The molecule has 0 unspecified atom stereocenters. The molecule has 0 bridgehead atoms. The van der Waals surface area contributed by atoms with Crippen LogP contribution in [-0.4, -0.2) is 0 Å². The Morgan fingerprint density at radius 1 is 1.00 bits per heavy atom. The second-order valence-electron chi connectivity index (χ2n) is 4.23. The van der Waals surface area contributed by atoms with E-state index in [1.807, 2.05) is 0 Å². The molecule has 3 aromatic rings. The number of nitrogens with zero attached hydrogens (tertiary/aromatic N) is 1. The van der Waals surface area contributed by atoms with Crippen molar-refractivity contribution in [1.29, 1.82) is 0 Å². The summed E-state index contributed by atoms with van der Waals surface area (Å²) in [5.41, 5.74) is 0. The Balaban J connectivity index is 2.09. The number of rotatable bonds is 2. The number of pyridine rings is 1. The van der Waals surface area contributed by atoms with E-state index in [9.17, 15) is 9.60 Å². The van der Waals surface area contributed by atoms with Gasteiger partial charge in [-0.3, -0.25) is 0 Å². The van der Waals surface area contributed by atoms with E-state index in [-0.39, 0.29) is 5.82 Å². The topological polar surface area (TPSA) is 36.2 Å². The number of aromatic nitrogens is 1. The van der Waals surface area contributed by atoms with Gasteiger partial charge in [-0.05, 0) is 36.4 Å². The van der Waals surface area contributed by atoms with Gasteiger partial charge in [-0.25, -0.2) is 4.39 Å². The summed E-state index contributed by atoms with van der Waals surface area (Å²) in [5, 5.41) is 13.3. The largest absolute Gasteiger partial charge is 0.619 e. The van der Waals surface area contributed by atoms with Crippen LogP contribution in [0.2, 0.25) is 5.02 Å². The van der Waals surface area contributed by atoms with Crippen LogP contribution in [0.25, 0.3) is 10.8 Å². The molecule has 0 aliphatic rings. The first-order valence-electron chi connectivity index (χ1n) is 5.88. The molecule has 3 nitrogen and oxygen atoms in total. The van der Waals surface area contributed by atoms with Gasteiger partial charge in [-0.15, -0.1) is 0 Å². The summed E-state index contributed by atoms with van der Waals surface area (Å²) in [7, 11) is 0. The lowest BCUT2D eigenvalue weighted by molar-refractivity contribution is -0.603. The Bertz CT molecular complexity index is 775. The molecule has 0 saturated heterocycles. The summed E-state index contributed by atoms with van der Waals surface area (Å²) < 4.78 is 19.2. The average molecular weight is 290 g/mol. The standard InChI is InChI=1S/C15H9ClFNO2/c16-14-5-6-15(13-9-18(19)8-7-12(13)14)20-11-3-1-10(17)2-4-11/h1-9H. The summed E-state index contributed by atoms with van der Waals surface area (Å²) in [6, 6.07) is 10.6. The summed E-state index contributed by atoms with van der Waals surface area (Å²) in [6.07, 6.45) is 2.76. The Labute approximate surface area is 119 Å². The maximum atomic E-state index is 12.9. The lowest BCUT2D eigenvalue weighted by Crippen LogP contribution is -2.23. The molecule has 0 aliphatic heterocycles. The second kappa shape index (κ2) is 4.98. The van der Waals surface area contributed by atoms with Crippen LogP contribution in [0.3, 0.4) is 0 Å². The van der Waals surface area contributed by atoms with Gasteiger partial charge < -0.3 is 9.94 Å². The highest BCUT2D eigenvalue weighted by Gasteiger charge is 2.10. The predicted molar refractivity (Wildman–Crippen MR) is 74.4 cm³/mol. The smallest absolute Gasteiger partial charge is 0.192 e. The molecule has 0 aliphatic carbocycles. The summed E-state index contributed by atoms with van der Waals surface area (Å²) in [5.74, 6) is 0.633. The third-order valence-electron chi connectivity index (χ3n) is 2.88. The van der Waals surface area contributed by atoms with Gasteiger partial charge in [0.25, 0.3) is 0 Å². The van der Waals surface area contributed by atoms with Gasteiger partial charge >= 0.3 is 0 Å². The van der Waals surface area contributed by atoms with Crippen LogP contribution in [0.1, 0.15) is 0 Å². The Hall–Kier alpha value is -2.33. The molecule has 0 atom stereocenters. The van der Waals surface area contributed by atoms with Gasteiger partial charge in [0, 0.05) is 16.5 Å². The highest BCUT2D eigenvalue weighted by molar-refractivity contribution is 6.35. The predicted octanol–water partition coefficient (Wildman–Crippen LogP) is 4.06. The fourth-order valence-electron chi connectivity index (χ4n) is 1.93. The van der Waals surface area contributed by atoms with Crippen LogP contribution >= 0.6 is 11.6 Å². The number of benzene rings is 2. The van der Waals surface area contributed by atoms with Gasteiger partial charge in [-0.2, -0.15) is 4.73 Å². The maximum Gasteiger partial charge on any atom is 0.192 e. The molecule has 0 amide bonds. The van der Waals surface area contributed by atoms with Crippen molar-refractivity contribution in [2.45, 2.75) is 0 Å². The molecule has 1 aromatic heterocycles. The average Bonchev–Trinajstić information content (AvgIpc) is 2.44. The van der Waals surface area contributed by atoms with Crippen molar-refractivity contribution >= 4 is 22.4 Å². The molecule has 100 valence electrons. The minimum atomic E-state index is -0.337. The van der Waals surface area contributed by atoms with E-state index in [0.29, 0.717) is 26.6 Å². The van der Waals surface area contributed by atoms with Crippen molar-refractivity contribution in [1.82, 2.24) is 0 Å². The van der Waals surface area contributed by atoms with Crippen molar-refractivity contribution in [3.05, 3.63) is 70.9 Å². The van der Waals surface area contributed by atoms with Crippen LogP contribution in [0.15, 0.2) is 54.9 Å². The second-order valence-corrected chi connectivity index (χ2v) is 4.64. The summed E-state index contributed by atoms with van der Waals surface area (Å²) in [6.45, 7) is 0. The highest BCUT2D eigenvalue weighted by Crippen LogP contribution is 2.33.